The lowest BCUT2D eigenvalue weighted by Crippen LogP contribution is -2.29. The molecule has 256 valence electrons. The SMILES string of the molecule is C=C(N)C1CCCN1C.C=CC1CC1C(=C)NSC1(C)CC1.C=CCC(C)(C)C.CCCc1cc(=O)c2ccc(CC)c(C)c2[nH]1. The first-order chi connectivity index (χ1) is 21.6. The molecule has 3 aliphatic rings. The average Bonchev–Trinajstić information content (AvgIpc) is 3.89. The molecule has 0 amide bonds. The molecular formula is C40H64N4OS. The molecule has 1 aromatic heterocycles. The molecule has 1 saturated heterocycles. The van der Waals surface area contributed by atoms with Crippen LogP contribution in [0.4, 0.5) is 0 Å². The minimum Gasteiger partial charge on any atom is -0.401 e. The van der Waals surface area contributed by atoms with E-state index >= 15 is 0 Å². The molecule has 2 heterocycles. The van der Waals surface area contributed by atoms with Crippen LogP contribution in [0.25, 0.3) is 10.9 Å². The Labute approximate surface area is 285 Å². The summed E-state index contributed by atoms with van der Waals surface area (Å²) in [4.78, 5) is 17.7. The molecule has 6 heteroatoms. The van der Waals surface area contributed by atoms with E-state index in [9.17, 15) is 4.79 Å². The van der Waals surface area contributed by atoms with Gasteiger partial charge in [0.25, 0.3) is 0 Å². The summed E-state index contributed by atoms with van der Waals surface area (Å²) < 4.78 is 3.89. The van der Waals surface area contributed by atoms with Gasteiger partial charge in [-0.25, -0.2) is 0 Å². The number of nitrogens with one attached hydrogen (secondary N) is 2. The molecular weight excluding hydrogens is 585 g/mol. The van der Waals surface area contributed by atoms with Crippen LogP contribution in [-0.4, -0.2) is 34.3 Å². The topological polar surface area (TPSA) is 74.2 Å². The van der Waals surface area contributed by atoms with Gasteiger partial charge in [0.2, 0.25) is 0 Å². The lowest BCUT2D eigenvalue weighted by Gasteiger charge is -2.18. The van der Waals surface area contributed by atoms with E-state index in [-0.39, 0.29) is 5.43 Å². The van der Waals surface area contributed by atoms with Crippen molar-refractivity contribution in [1.29, 1.82) is 0 Å². The van der Waals surface area contributed by atoms with Gasteiger partial charge in [0.05, 0.1) is 5.52 Å². The monoisotopic (exact) mass is 648 g/mol. The number of fused-ring (bicyclic) bond motifs is 1. The van der Waals surface area contributed by atoms with Crippen LogP contribution in [0.15, 0.2) is 72.9 Å². The van der Waals surface area contributed by atoms with Crippen molar-refractivity contribution in [3.63, 3.8) is 0 Å². The molecule has 2 saturated carbocycles. The molecule has 1 aromatic carbocycles. The van der Waals surface area contributed by atoms with Gasteiger partial charge < -0.3 is 15.4 Å². The molecule has 2 aromatic rings. The standard InChI is InChI=1S/C15H19NO.C11H17NS.C7H14N2.C7H14/c1-4-6-12-9-14(17)13-8-7-11(5-2)10(3)15(13)16-12;1-4-9-7-10(9)8(2)12-13-11(3)5-6-11;1-6(8)7-4-3-5-9(7)2;1-5-6-7(2,3)4/h7-9H,4-6H2,1-3H3,(H,16,17);4,9-10,12H,1-2,5-7H2,3H3;7H,1,3-5,8H2,2H3;5H,1,6H2,2-4H3. The highest BCUT2D eigenvalue weighted by Crippen LogP contribution is 2.49. The minimum absolute atomic E-state index is 0.132. The quantitative estimate of drug-likeness (QED) is 0.177. The minimum atomic E-state index is 0.132. The smallest absolute Gasteiger partial charge is 0.189 e. The molecule has 0 radical (unpaired) electrons. The van der Waals surface area contributed by atoms with E-state index < -0.39 is 0 Å². The van der Waals surface area contributed by atoms with Gasteiger partial charge in [-0.15, -0.1) is 13.2 Å². The van der Waals surface area contributed by atoms with Crippen LogP contribution >= 0.6 is 11.9 Å². The van der Waals surface area contributed by atoms with Crippen LogP contribution in [0, 0.1) is 24.2 Å². The van der Waals surface area contributed by atoms with Gasteiger partial charge in [0.15, 0.2) is 5.43 Å². The zero-order valence-electron chi connectivity index (χ0n) is 30.4. The van der Waals surface area contributed by atoms with Crippen LogP contribution in [0.1, 0.15) is 103 Å². The van der Waals surface area contributed by atoms with E-state index in [0.717, 1.165) is 48.0 Å². The lowest BCUT2D eigenvalue weighted by atomic mass is 9.93. The summed E-state index contributed by atoms with van der Waals surface area (Å²) >= 11 is 1.85. The van der Waals surface area contributed by atoms with Crippen molar-refractivity contribution >= 4 is 22.9 Å². The number of aryl methyl sites for hydroxylation is 3. The Balaban J connectivity index is 0.000000226. The van der Waals surface area contributed by atoms with Crippen molar-refractivity contribution < 1.29 is 0 Å². The van der Waals surface area contributed by atoms with E-state index in [2.05, 4.69) is 103 Å². The van der Waals surface area contributed by atoms with Gasteiger partial charge in [-0.2, -0.15) is 0 Å². The summed E-state index contributed by atoms with van der Waals surface area (Å²) in [5.41, 5.74) is 12.7. The van der Waals surface area contributed by atoms with Crippen molar-refractivity contribution in [3.8, 4) is 0 Å². The Kier molecular flexibility index (Phi) is 15.5. The highest BCUT2D eigenvalue weighted by molar-refractivity contribution is 7.99. The zero-order valence-corrected chi connectivity index (χ0v) is 31.2. The van der Waals surface area contributed by atoms with Gasteiger partial charge >= 0.3 is 0 Å². The second-order valence-corrected chi connectivity index (χ2v) is 16.1. The number of H-pyrrole nitrogens is 1. The number of likely N-dealkylation sites (tertiary alicyclic amines) is 1. The van der Waals surface area contributed by atoms with Crippen LogP contribution < -0.4 is 15.9 Å². The van der Waals surface area contributed by atoms with Crippen LogP contribution in [0.5, 0.6) is 0 Å². The normalized spacial score (nSPS) is 20.9. The summed E-state index contributed by atoms with van der Waals surface area (Å²) in [7, 11) is 2.09. The predicted octanol–water partition coefficient (Wildman–Crippen LogP) is 9.63. The predicted molar refractivity (Wildman–Crippen MR) is 205 cm³/mol. The maximum atomic E-state index is 12.0. The summed E-state index contributed by atoms with van der Waals surface area (Å²) in [5, 5.41) is 0.805. The van der Waals surface area contributed by atoms with Crippen LogP contribution in [0.3, 0.4) is 0 Å². The Morgan fingerprint density at radius 2 is 1.89 bits per heavy atom. The molecule has 4 N–H and O–H groups in total. The first-order valence-electron chi connectivity index (χ1n) is 17.2. The fourth-order valence-electron chi connectivity index (χ4n) is 5.57. The molecule has 5 nitrogen and oxygen atoms in total. The second-order valence-electron chi connectivity index (χ2n) is 14.7. The van der Waals surface area contributed by atoms with Crippen molar-refractivity contribution in [1.82, 2.24) is 14.6 Å². The van der Waals surface area contributed by atoms with Crippen molar-refractivity contribution in [2.75, 3.05) is 13.6 Å². The number of likely N-dealkylation sites (N-methyl/N-ethyl adjacent to an activating group) is 1. The third-order valence-electron chi connectivity index (χ3n) is 9.01. The molecule has 2 aliphatic carbocycles. The fraction of sp³-hybridized carbons (Fsp3) is 0.575. The molecule has 0 spiro atoms. The van der Waals surface area contributed by atoms with Gasteiger partial charge in [-0.3, -0.25) is 9.69 Å². The Hall–Kier alpha value is -2.70. The lowest BCUT2D eigenvalue weighted by molar-refractivity contribution is 0.343. The van der Waals surface area contributed by atoms with Gasteiger partial charge in [-0.1, -0.05) is 72.4 Å². The van der Waals surface area contributed by atoms with Crippen molar-refractivity contribution in [2.45, 2.75) is 117 Å². The highest BCUT2D eigenvalue weighted by Gasteiger charge is 2.41. The number of nitrogens with two attached hydrogens (primary N) is 1. The third kappa shape index (κ3) is 12.8. The summed E-state index contributed by atoms with van der Waals surface area (Å²) in [5.74, 6) is 1.35. The molecule has 46 heavy (non-hydrogen) atoms. The second kappa shape index (κ2) is 18.0. The fourth-order valence-corrected chi connectivity index (χ4v) is 6.41. The maximum Gasteiger partial charge on any atom is 0.189 e. The highest BCUT2D eigenvalue weighted by atomic mass is 32.2. The number of benzene rings is 1. The van der Waals surface area contributed by atoms with E-state index in [1.54, 1.807) is 6.07 Å². The summed E-state index contributed by atoms with van der Waals surface area (Å²) in [6.45, 7) is 31.7. The molecule has 5 rings (SSSR count). The Bertz CT molecular complexity index is 1380. The number of nitrogens with zero attached hydrogens (tertiary/aromatic N) is 1. The molecule has 0 bridgehead atoms. The average molecular weight is 649 g/mol. The number of aromatic amines is 1. The van der Waals surface area contributed by atoms with Crippen molar-refractivity contribution in [3.05, 3.63) is 95.1 Å². The Morgan fingerprint density at radius 3 is 2.30 bits per heavy atom. The maximum absolute atomic E-state index is 12.0. The zero-order chi connectivity index (χ0) is 34.7. The van der Waals surface area contributed by atoms with E-state index in [1.807, 2.05) is 30.2 Å². The summed E-state index contributed by atoms with van der Waals surface area (Å²) in [6, 6.07) is 6.18. The van der Waals surface area contributed by atoms with Gasteiger partial charge in [-0.05, 0) is 119 Å². The van der Waals surface area contributed by atoms with E-state index in [1.165, 1.54) is 55.5 Å². The third-order valence-corrected chi connectivity index (χ3v) is 10.3. The number of allylic oxidation sites excluding steroid dienone is 3. The molecule has 3 unspecified atom stereocenters. The van der Waals surface area contributed by atoms with E-state index in [4.69, 9.17) is 5.73 Å². The number of rotatable bonds is 10. The van der Waals surface area contributed by atoms with Crippen LogP contribution in [-0.2, 0) is 12.8 Å². The number of pyridine rings is 1. The molecule has 1 aliphatic heterocycles. The number of aromatic nitrogens is 1. The number of hydrogen-bond donors (Lipinski definition) is 3. The number of hydrogen-bond acceptors (Lipinski definition) is 5. The van der Waals surface area contributed by atoms with Gasteiger partial charge in [0, 0.05) is 45.2 Å². The van der Waals surface area contributed by atoms with E-state index in [0.29, 0.717) is 28.0 Å². The van der Waals surface area contributed by atoms with Crippen molar-refractivity contribution in [2.24, 2.45) is 23.0 Å². The first-order valence-corrected chi connectivity index (χ1v) is 18.1. The van der Waals surface area contributed by atoms with Gasteiger partial charge in [0.1, 0.15) is 0 Å². The summed E-state index contributed by atoms with van der Waals surface area (Å²) in [6.07, 6.45) is 14.5. The first kappa shape index (κ1) is 39.5. The Morgan fingerprint density at radius 1 is 1.22 bits per heavy atom. The molecule has 3 atom stereocenters. The largest absolute Gasteiger partial charge is 0.401 e. The molecule has 3 fully saturated rings. The van der Waals surface area contributed by atoms with Crippen LogP contribution in [0.2, 0.25) is 0 Å².